The Morgan fingerprint density at radius 2 is 1.24 bits per heavy atom. The Hall–Kier alpha value is -2.06. The second kappa shape index (κ2) is 8.87. The van der Waals surface area contributed by atoms with Gasteiger partial charge in [0.05, 0.1) is 0 Å². The molecule has 0 spiro atoms. The molecule has 1 nitrogen and oxygen atoms in total. The molecule has 0 aliphatic rings. The monoisotopic (exact) mass is 367 g/mol. The van der Waals surface area contributed by atoms with Crippen LogP contribution in [0.4, 0.5) is 0 Å². The van der Waals surface area contributed by atoms with Gasteiger partial charge in [0.25, 0.3) is 0 Å². The highest BCUT2D eigenvalue weighted by Crippen LogP contribution is 2.25. The summed E-state index contributed by atoms with van der Waals surface area (Å²) in [6.07, 6.45) is 2.20. The summed E-state index contributed by atoms with van der Waals surface area (Å²) in [6.45, 7) is 1.61. The highest BCUT2D eigenvalue weighted by Gasteiger charge is 2.05. The van der Waals surface area contributed by atoms with E-state index in [1.54, 1.807) is 0 Å². The summed E-state index contributed by atoms with van der Waals surface area (Å²) in [5.74, 6) is 0. The minimum Gasteiger partial charge on any atom is -0.309 e. The van der Waals surface area contributed by atoms with Gasteiger partial charge in [-0.3, -0.25) is 0 Å². The van der Waals surface area contributed by atoms with Gasteiger partial charge in [-0.1, -0.05) is 83.9 Å². The zero-order chi connectivity index (χ0) is 17.5. The van der Waals surface area contributed by atoms with Crippen molar-refractivity contribution in [3.05, 3.63) is 112 Å². The summed E-state index contributed by atoms with van der Waals surface area (Å²) >= 11 is 12.1. The van der Waals surface area contributed by atoms with Crippen LogP contribution in [0.5, 0.6) is 0 Å². The summed E-state index contributed by atoms with van der Waals surface area (Å²) in [5.41, 5.74) is 4.70. The van der Waals surface area contributed by atoms with Gasteiger partial charge in [-0.05, 0) is 46.5 Å². The molecule has 0 aliphatic heterocycles. The van der Waals surface area contributed by atoms with Crippen molar-refractivity contribution in [3.8, 4) is 0 Å². The molecule has 0 radical (unpaired) electrons. The lowest BCUT2D eigenvalue weighted by Gasteiger charge is -2.10. The molecule has 0 fully saturated rings. The van der Waals surface area contributed by atoms with Crippen molar-refractivity contribution in [2.75, 3.05) is 6.54 Å². The molecule has 3 aromatic carbocycles. The van der Waals surface area contributed by atoms with Gasteiger partial charge in [0.15, 0.2) is 0 Å². The second-order valence-electron chi connectivity index (χ2n) is 5.75. The fourth-order valence-corrected chi connectivity index (χ4v) is 2.90. The first-order valence-electron chi connectivity index (χ1n) is 8.19. The summed E-state index contributed by atoms with van der Waals surface area (Å²) in [5, 5.41) is 4.94. The molecular weight excluding hydrogens is 349 g/mol. The van der Waals surface area contributed by atoms with E-state index in [0.717, 1.165) is 39.8 Å². The lowest BCUT2D eigenvalue weighted by Crippen LogP contribution is -2.13. The van der Waals surface area contributed by atoms with E-state index in [0.29, 0.717) is 0 Å². The lowest BCUT2D eigenvalue weighted by atomic mass is 9.97. The van der Waals surface area contributed by atoms with Crippen molar-refractivity contribution < 1.29 is 0 Å². The zero-order valence-electron chi connectivity index (χ0n) is 13.8. The lowest BCUT2D eigenvalue weighted by molar-refractivity contribution is 0.760. The third kappa shape index (κ3) is 5.20. The van der Waals surface area contributed by atoms with Crippen LogP contribution in [0.3, 0.4) is 0 Å². The molecule has 3 rings (SSSR count). The van der Waals surface area contributed by atoms with Crippen LogP contribution < -0.4 is 5.32 Å². The van der Waals surface area contributed by atoms with Crippen LogP contribution in [0.25, 0.3) is 5.57 Å². The largest absolute Gasteiger partial charge is 0.309 e. The van der Waals surface area contributed by atoms with E-state index < -0.39 is 0 Å². The van der Waals surface area contributed by atoms with Gasteiger partial charge < -0.3 is 5.32 Å². The highest BCUT2D eigenvalue weighted by atomic mass is 35.5. The van der Waals surface area contributed by atoms with Gasteiger partial charge in [-0.15, -0.1) is 0 Å². The minimum atomic E-state index is 0.737. The van der Waals surface area contributed by atoms with Crippen molar-refractivity contribution in [2.45, 2.75) is 6.54 Å². The van der Waals surface area contributed by atoms with Crippen molar-refractivity contribution >= 4 is 28.8 Å². The van der Waals surface area contributed by atoms with E-state index in [4.69, 9.17) is 23.2 Å². The van der Waals surface area contributed by atoms with Crippen molar-refractivity contribution in [1.82, 2.24) is 5.32 Å². The number of halogens is 2. The van der Waals surface area contributed by atoms with Gasteiger partial charge in [-0.2, -0.15) is 0 Å². The SMILES string of the molecule is Clc1ccc(C(=CCNCc2ccccc2)c2ccc(Cl)cc2)cc1. The van der Waals surface area contributed by atoms with Crippen molar-refractivity contribution in [1.29, 1.82) is 0 Å². The summed E-state index contributed by atoms with van der Waals surface area (Å²) in [6, 6.07) is 26.2. The number of hydrogen-bond donors (Lipinski definition) is 1. The Balaban J connectivity index is 1.78. The van der Waals surface area contributed by atoms with Crippen LogP contribution in [0, 0.1) is 0 Å². The third-order valence-corrected chi connectivity index (χ3v) is 4.44. The first-order chi connectivity index (χ1) is 12.2. The summed E-state index contributed by atoms with van der Waals surface area (Å²) < 4.78 is 0. The molecule has 0 bridgehead atoms. The Labute approximate surface area is 158 Å². The zero-order valence-corrected chi connectivity index (χ0v) is 15.3. The third-order valence-electron chi connectivity index (χ3n) is 3.93. The van der Waals surface area contributed by atoms with Crippen LogP contribution in [0.2, 0.25) is 10.0 Å². The second-order valence-corrected chi connectivity index (χ2v) is 6.62. The average molecular weight is 368 g/mol. The van der Waals surface area contributed by atoms with Crippen LogP contribution >= 0.6 is 23.2 Å². The van der Waals surface area contributed by atoms with Gasteiger partial charge in [-0.25, -0.2) is 0 Å². The topological polar surface area (TPSA) is 12.0 Å². The first kappa shape index (κ1) is 17.8. The Bertz CT molecular complexity index is 775. The molecule has 0 saturated carbocycles. The fourth-order valence-electron chi connectivity index (χ4n) is 2.65. The predicted octanol–water partition coefficient (Wildman–Crippen LogP) is 6.21. The standard InChI is InChI=1S/C22H19Cl2N/c23-20-10-6-18(7-11-20)22(19-8-12-21(24)13-9-19)14-15-25-16-17-4-2-1-3-5-17/h1-14,25H,15-16H2. The molecule has 0 unspecified atom stereocenters. The van der Waals surface area contributed by atoms with Gasteiger partial charge in [0.1, 0.15) is 0 Å². The minimum absolute atomic E-state index is 0.737. The predicted molar refractivity (Wildman–Crippen MR) is 108 cm³/mol. The van der Waals surface area contributed by atoms with Gasteiger partial charge in [0.2, 0.25) is 0 Å². The smallest absolute Gasteiger partial charge is 0.0406 e. The number of hydrogen-bond acceptors (Lipinski definition) is 1. The average Bonchev–Trinajstić information content (AvgIpc) is 2.65. The number of benzene rings is 3. The quantitative estimate of drug-likeness (QED) is 0.510. The van der Waals surface area contributed by atoms with E-state index in [-0.39, 0.29) is 0 Å². The maximum atomic E-state index is 6.03. The van der Waals surface area contributed by atoms with Gasteiger partial charge >= 0.3 is 0 Å². The van der Waals surface area contributed by atoms with Gasteiger partial charge in [0, 0.05) is 23.1 Å². The van der Waals surface area contributed by atoms with E-state index in [1.807, 2.05) is 54.6 Å². The molecule has 1 N–H and O–H groups in total. The fraction of sp³-hybridized carbons (Fsp3) is 0.0909. The van der Waals surface area contributed by atoms with Crippen molar-refractivity contribution in [3.63, 3.8) is 0 Å². The van der Waals surface area contributed by atoms with E-state index in [9.17, 15) is 0 Å². The summed E-state index contributed by atoms with van der Waals surface area (Å²) in [4.78, 5) is 0. The molecular formula is C22H19Cl2N. The maximum Gasteiger partial charge on any atom is 0.0406 e. The van der Waals surface area contributed by atoms with Crippen LogP contribution in [0.1, 0.15) is 16.7 Å². The summed E-state index contributed by atoms with van der Waals surface area (Å²) in [7, 11) is 0. The molecule has 0 atom stereocenters. The Kier molecular flexibility index (Phi) is 6.30. The van der Waals surface area contributed by atoms with Crippen LogP contribution in [0.15, 0.2) is 84.9 Å². The molecule has 0 amide bonds. The molecule has 0 aromatic heterocycles. The van der Waals surface area contributed by atoms with E-state index in [2.05, 4.69) is 35.7 Å². The van der Waals surface area contributed by atoms with E-state index in [1.165, 1.54) is 5.56 Å². The maximum absolute atomic E-state index is 6.03. The van der Waals surface area contributed by atoms with Crippen molar-refractivity contribution in [2.24, 2.45) is 0 Å². The Morgan fingerprint density at radius 3 is 1.76 bits per heavy atom. The molecule has 126 valence electrons. The van der Waals surface area contributed by atoms with Crippen LogP contribution in [-0.2, 0) is 6.54 Å². The molecule has 3 heteroatoms. The molecule has 3 aromatic rings. The highest BCUT2D eigenvalue weighted by molar-refractivity contribution is 6.31. The molecule has 25 heavy (non-hydrogen) atoms. The Morgan fingerprint density at radius 1 is 0.720 bits per heavy atom. The van der Waals surface area contributed by atoms with E-state index >= 15 is 0 Å². The molecule has 0 heterocycles. The number of nitrogens with one attached hydrogen (secondary N) is 1. The van der Waals surface area contributed by atoms with Crippen LogP contribution in [-0.4, -0.2) is 6.54 Å². The first-order valence-corrected chi connectivity index (χ1v) is 8.94. The molecule has 0 aliphatic carbocycles. The number of rotatable bonds is 6. The normalized spacial score (nSPS) is 10.5. The molecule has 0 saturated heterocycles.